The summed E-state index contributed by atoms with van der Waals surface area (Å²) < 4.78 is 5.51. The molecule has 0 aliphatic carbocycles. The van der Waals surface area contributed by atoms with E-state index >= 15 is 0 Å². The summed E-state index contributed by atoms with van der Waals surface area (Å²) in [6.07, 6.45) is 1.60. The van der Waals surface area contributed by atoms with Gasteiger partial charge in [-0.3, -0.25) is 0 Å². The van der Waals surface area contributed by atoms with E-state index in [4.69, 9.17) is 33.7 Å². The van der Waals surface area contributed by atoms with Crippen molar-refractivity contribution in [1.82, 2.24) is 9.97 Å². The zero-order valence-electron chi connectivity index (χ0n) is 12.7. The third-order valence-electron chi connectivity index (χ3n) is 3.35. The van der Waals surface area contributed by atoms with Crippen molar-refractivity contribution in [3.63, 3.8) is 0 Å². The fourth-order valence-electron chi connectivity index (χ4n) is 2.23. The second-order valence-electron chi connectivity index (χ2n) is 5.06. The molecule has 0 amide bonds. The minimum Gasteiger partial charge on any atom is -0.475 e. The van der Waals surface area contributed by atoms with Crippen LogP contribution in [0.5, 0.6) is 5.88 Å². The molecular weight excluding hydrogens is 345 g/mol. The zero-order chi connectivity index (χ0) is 16.9. The van der Waals surface area contributed by atoms with Crippen LogP contribution in [0.4, 0.5) is 0 Å². The molecule has 24 heavy (non-hydrogen) atoms. The predicted octanol–water partition coefficient (Wildman–Crippen LogP) is 4.45. The number of nitrogens with zero attached hydrogens (tertiary/aromatic N) is 2. The predicted molar refractivity (Wildman–Crippen MR) is 97.5 cm³/mol. The van der Waals surface area contributed by atoms with Crippen molar-refractivity contribution in [3.05, 3.63) is 64.8 Å². The molecule has 3 rings (SSSR count). The van der Waals surface area contributed by atoms with E-state index in [0.717, 1.165) is 16.8 Å². The number of aromatic nitrogens is 2. The van der Waals surface area contributed by atoms with E-state index in [1.54, 1.807) is 6.20 Å². The van der Waals surface area contributed by atoms with Crippen molar-refractivity contribution < 1.29 is 4.74 Å². The van der Waals surface area contributed by atoms with Gasteiger partial charge in [0.15, 0.2) is 0 Å². The summed E-state index contributed by atoms with van der Waals surface area (Å²) >= 11 is 12.0. The van der Waals surface area contributed by atoms with Gasteiger partial charge >= 0.3 is 0 Å². The third kappa shape index (κ3) is 3.85. The van der Waals surface area contributed by atoms with Gasteiger partial charge in [-0.2, -0.15) is 0 Å². The van der Waals surface area contributed by atoms with Crippen LogP contribution < -0.4 is 10.5 Å². The van der Waals surface area contributed by atoms with Gasteiger partial charge in [0, 0.05) is 27.7 Å². The van der Waals surface area contributed by atoms with Crippen LogP contribution in [-0.4, -0.2) is 23.1 Å². The summed E-state index contributed by atoms with van der Waals surface area (Å²) in [5, 5.41) is 1.33. The topological polar surface area (TPSA) is 61.0 Å². The summed E-state index contributed by atoms with van der Waals surface area (Å²) in [5.74, 6) is 0.433. The molecule has 0 saturated carbocycles. The molecule has 0 unspecified atom stereocenters. The Hall–Kier alpha value is -2.14. The van der Waals surface area contributed by atoms with Gasteiger partial charge in [-0.15, -0.1) is 0 Å². The van der Waals surface area contributed by atoms with Gasteiger partial charge in [-0.25, -0.2) is 9.97 Å². The van der Waals surface area contributed by atoms with Crippen LogP contribution in [0.3, 0.4) is 0 Å². The van der Waals surface area contributed by atoms with Crippen LogP contribution in [0.25, 0.3) is 22.5 Å². The highest BCUT2D eigenvalue weighted by molar-refractivity contribution is 6.31. The van der Waals surface area contributed by atoms with Crippen LogP contribution in [0, 0.1) is 0 Å². The van der Waals surface area contributed by atoms with E-state index in [1.807, 2.05) is 48.5 Å². The molecule has 2 N–H and O–H groups in total. The van der Waals surface area contributed by atoms with E-state index in [1.165, 1.54) is 0 Å². The molecule has 0 aliphatic rings. The Morgan fingerprint density at radius 2 is 1.38 bits per heavy atom. The molecule has 0 spiro atoms. The molecule has 3 aromatic rings. The molecule has 0 bridgehead atoms. The standard InChI is InChI=1S/C18H15Cl2N3O/c19-14-5-1-12(2-6-14)17-18(13-3-7-15(20)8-4-13)23-16(11-22-17)24-10-9-21/h1-8,11H,9-10,21H2. The minimum atomic E-state index is 0.384. The molecule has 0 atom stereocenters. The highest BCUT2D eigenvalue weighted by Gasteiger charge is 2.13. The van der Waals surface area contributed by atoms with Crippen LogP contribution in [0.15, 0.2) is 54.7 Å². The van der Waals surface area contributed by atoms with Gasteiger partial charge in [0.2, 0.25) is 5.88 Å². The van der Waals surface area contributed by atoms with E-state index in [-0.39, 0.29) is 0 Å². The SMILES string of the molecule is NCCOc1cnc(-c2ccc(Cl)cc2)c(-c2ccc(Cl)cc2)n1. The van der Waals surface area contributed by atoms with E-state index in [0.29, 0.717) is 34.8 Å². The summed E-state index contributed by atoms with van der Waals surface area (Å²) in [6, 6.07) is 14.9. The van der Waals surface area contributed by atoms with Crippen molar-refractivity contribution >= 4 is 23.2 Å². The molecule has 0 saturated heterocycles. The fourth-order valence-corrected chi connectivity index (χ4v) is 2.49. The Morgan fingerprint density at radius 3 is 1.92 bits per heavy atom. The second-order valence-corrected chi connectivity index (χ2v) is 5.93. The number of hydrogen-bond donors (Lipinski definition) is 1. The number of halogens is 2. The van der Waals surface area contributed by atoms with E-state index < -0.39 is 0 Å². The highest BCUT2D eigenvalue weighted by Crippen LogP contribution is 2.31. The van der Waals surface area contributed by atoms with Gasteiger partial charge in [-0.05, 0) is 24.3 Å². The van der Waals surface area contributed by atoms with E-state index in [9.17, 15) is 0 Å². The van der Waals surface area contributed by atoms with Gasteiger partial charge in [0.1, 0.15) is 12.3 Å². The maximum atomic E-state index is 5.98. The Labute approximate surface area is 150 Å². The van der Waals surface area contributed by atoms with Gasteiger partial charge in [0.05, 0.1) is 11.9 Å². The molecule has 0 aliphatic heterocycles. The molecule has 6 heteroatoms. The second kappa shape index (κ2) is 7.62. The molecule has 2 aromatic carbocycles. The number of hydrogen-bond acceptors (Lipinski definition) is 4. The maximum absolute atomic E-state index is 5.98. The van der Waals surface area contributed by atoms with Gasteiger partial charge in [0.25, 0.3) is 0 Å². The number of benzene rings is 2. The number of rotatable bonds is 5. The fraction of sp³-hybridized carbons (Fsp3) is 0.111. The van der Waals surface area contributed by atoms with Gasteiger partial charge < -0.3 is 10.5 Å². The van der Waals surface area contributed by atoms with Gasteiger partial charge in [-0.1, -0.05) is 47.5 Å². The maximum Gasteiger partial charge on any atom is 0.232 e. The summed E-state index contributed by atoms with van der Waals surface area (Å²) in [4.78, 5) is 9.12. The Balaban J connectivity index is 2.09. The molecule has 0 fully saturated rings. The average molecular weight is 360 g/mol. The quantitative estimate of drug-likeness (QED) is 0.730. The molecule has 4 nitrogen and oxygen atoms in total. The Kier molecular flexibility index (Phi) is 5.30. The van der Waals surface area contributed by atoms with Crippen LogP contribution in [0.2, 0.25) is 10.0 Å². The monoisotopic (exact) mass is 359 g/mol. The van der Waals surface area contributed by atoms with Crippen molar-refractivity contribution in [1.29, 1.82) is 0 Å². The van der Waals surface area contributed by atoms with Crippen LogP contribution >= 0.6 is 23.2 Å². The average Bonchev–Trinajstić information content (AvgIpc) is 2.61. The lowest BCUT2D eigenvalue weighted by atomic mass is 10.0. The largest absolute Gasteiger partial charge is 0.475 e. The van der Waals surface area contributed by atoms with Crippen molar-refractivity contribution in [2.75, 3.05) is 13.2 Å². The Morgan fingerprint density at radius 1 is 0.833 bits per heavy atom. The molecule has 1 aromatic heterocycles. The van der Waals surface area contributed by atoms with Crippen molar-refractivity contribution in [3.8, 4) is 28.4 Å². The van der Waals surface area contributed by atoms with E-state index in [2.05, 4.69) is 9.97 Å². The molecular formula is C18H15Cl2N3O. The lowest BCUT2D eigenvalue weighted by molar-refractivity contribution is 0.314. The zero-order valence-corrected chi connectivity index (χ0v) is 14.3. The van der Waals surface area contributed by atoms with Crippen molar-refractivity contribution in [2.24, 2.45) is 5.73 Å². The Bertz CT molecular complexity index is 821. The first-order valence-corrected chi connectivity index (χ1v) is 8.15. The number of ether oxygens (including phenoxy) is 1. The molecule has 1 heterocycles. The van der Waals surface area contributed by atoms with Crippen molar-refractivity contribution in [2.45, 2.75) is 0 Å². The first-order chi connectivity index (χ1) is 11.7. The normalized spacial score (nSPS) is 10.6. The third-order valence-corrected chi connectivity index (χ3v) is 3.86. The van der Waals surface area contributed by atoms with Crippen LogP contribution in [0.1, 0.15) is 0 Å². The first kappa shape index (κ1) is 16.7. The molecule has 122 valence electrons. The summed E-state index contributed by atoms with van der Waals surface area (Å²) in [6.45, 7) is 0.798. The minimum absolute atomic E-state index is 0.384. The first-order valence-electron chi connectivity index (χ1n) is 7.39. The molecule has 0 radical (unpaired) electrons. The number of nitrogens with two attached hydrogens (primary N) is 1. The summed E-state index contributed by atoms with van der Waals surface area (Å²) in [5.41, 5.74) is 8.75. The summed E-state index contributed by atoms with van der Waals surface area (Å²) in [7, 11) is 0. The highest BCUT2D eigenvalue weighted by atomic mass is 35.5. The lowest BCUT2D eigenvalue weighted by Crippen LogP contribution is -2.11. The smallest absolute Gasteiger partial charge is 0.232 e. The lowest BCUT2D eigenvalue weighted by Gasteiger charge is -2.11. The van der Waals surface area contributed by atoms with Crippen LogP contribution in [-0.2, 0) is 0 Å².